The van der Waals surface area contributed by atoms with Crippen LogP contribution in [0, 0.1) is 0 Å². The van der Waals surface area contributed by atoms with Gasteiger partial charge in [-0.15, -0.1) is 16.4 Å². The van der Waals surface area contributed by atoms with Gasteiger partial charge in [-0.2, -0.15) is 0 Å². The molecule has 5 aromatic rings. The van der Waals surface area contributed by atoms with E-state index in [0.717, 1.165) is 35.4 Å². The average Bonchev–Trinajstić information content (AvgIpc) is 3.44. The van der Waals surface area contributed by atoms with Crippen LogP contribution < -0.4 is 15.9 Å². The molecule has 38 heavy (non-hydrogen) atoms. The highest BCUT2D eigenvalue weighted by Crippen LogP contribution is 2.32. The fourth-order valence-electron chi connectivity index (χ4n) is 4.07. The standard InChI is InChI=1S/C29H24Cl2N4O2S/c1-3-35(4-2)21-12-10-20-14-22(29-32-25(17-38-29)19-11-13-23(30)24(31)15-19)28(37-26(20)16-21)34-33-27(36)18-8-6-5-7-9-18/h5-17H,3-4H2,1-2H3,(H,33,36)/b34-28+. The van der Waals surface area contributed by atoms with Crippen molar-refractivity contribution in [2.75, 3.05) is 18.0 Å². The Labute approximate surface area is 234 Å². The molecule has 0 saturated heterocycles. The largest absolute Gasteiger partial charge is 0.436 e. The third-order valence-electron chi connectivity index (χ3n) is 6.11. The Morgan fingerprint density at radius 3 is 2.53 bits per heavy atom. The van der Waals surface area contributed by atoms with Gasteiger partial charge in [0, 0.05) is 46.7 Å². The molecule has 0 saturated carbocycles. The van der Waals surface area contributed by atoms with E-state index in [9.17, 15) is 4.79 Å². The number of amides is 1. The second kappa shape index (κ2) is 11.4. The Balaban J connectivity index is 1.61. The molecule has 0 bridgehead atoms. The third kappa shape index (κ3) is 5.45. The molecule has 0 aliphatic carbocycles. The SMILES string of the molecule is CCN(CC)c1ccc2cc(-c3nc(-c4ccc(Cl)c(Cl)c4)cs3)/c(=N\NC(=O)c3ccccc3)oc2c1. The first-order valence-electron chi connectivity index (χ1n) is 12.1. The molecule has 5 rings (SSSR count). The molecule has 0 fully saturated rings. The number of anilines is 1. The van der Waals surface area contributed by atoms with Crippen molar-refractivity contribution in [3.8, 4) is 21.8 Å². The minimum absolute atomic E-state index is 0.258. The number of thiazole rings is 1. The van der Waals surface area contributed by atoms with E-state index < -0.39 is 0 Å². The molecular formula is C29H24Cl2N4O2S. The molecule has 0 unspecified atom stereocenters. The van der Waals surface area contributed by atoms with Crippen molar-refractivity contribution in [1.82, 2.24) is 10.4 Å². The molecular weight excluding hydrogens is 539 g/mol. The van der Waals surface area contributed by atoms with E-state index in [1.165, 1.54) is 11.3 Å². The molecule has 0 atom stereocenters. The zero-order chi connectivity index (χ0) is 26.6. The smallest absolute Gasteiger partial charge is 0.271 e. The Bertz CT molecular complexity index is 1680. The molecule has 6 nitrogen and oxygen atoms in total. The summed E-state index contributed by atoms with van der Waals surface area (Å²) >= 11 is 13.8. The van der Waals surface area contributed by atoms with Crippen molar-refractivity contribution < 1.29 is 9.21 Å². The second-order valence-electron chi connectivity index (χ2n) is 8.45. The summed E-state index contributed by atoms with van der Waals surface area (Å²) in [7, 11) is 0. The predicted molar refractivity (Wildman–Crippen MR) is 156 cm³/mol. The van der Waals surface area contributed by atoms with Crippen LogP contribution in [0.25, 0.3) is 32.8 Å². The average molecular weight is 564 g/mol. The van der Waals surface area contributed by atoms with Gasteiger partial charge in [-0.25, -0.2) is 10.4 Å². The maximum atomic E-state index is 12.7. The predicted octanol–water partition coefficient (Wildman–Crippen LogP) is 7.62. The van der Waals surface area contributed by atoms with Crippen LogP contribution in [-0.2, 0) is 0 Å². The first-order valence-corrected chi connectivity index (χ1v) is 13.7. The van der Waals surface area contributed by atoms with Crippen molar-refractivity contribution in [2.24, 2.45) is 5.10 Å². The van der Waals surface area contributed by atoms with Crippen LogP contribution in [0.3, 0.4) is 0 Å². The van der Waals surface area contributed by atoms with Crippen molar-refractivity contribution in [3.05, 3.63) is 99.3 Å². The molecule has 0 spiro atoms. The lowest BCUT2D eigenvalue weighted by Crippen LogP contribution is -2.22. The number of carbonyl (C=O) groups excluding carboxylic acids is 1. The molecule has 1 amide bonds. The van der Waals surface area contributed by atoms with E-state index in [1.54, 1.807) is 36.4 Å². The van der Waals surface area contributed by atoms with Gasteiger partial charge in [-0.1, -0.05) is 47.5 Å². The van der Waals surface area contributed by atoms with Crippen LogP contribution in [-0.4, -0.2) is 24.0 Å². The van der Waals surface area contributed by atoms with Gasteiger partial charge < -0.3 is 9.32 Å². The van der Waals surface area contributed by atoms with Crippen molar-refractivity contribution in [1.29, 1.82) is 0 Å². The first-order chi connectivity index (χ1) is 18.5. The number of rotatable bonds is 7. The van der Waals surface area contributed by atoms with Crippen molar-refractivity contribution in [2.45, 2.75) is 13.8 Å². The van der Waals surface area contributed by atoms with Gasteiger partial charge in [0.2, 0.25) is 5.55 Å². The van der Waals surface area contributed by atoms with Gasteiger partial charge in [-0.05, 0) is 56.3 Å². The summed E-state index contributed by atoms with van der Waals surface area (Å²) in [6, 6.07) is 22.4. The van der Waals surface area contributed by atoms with Crippen molar-refractivity contribution >= 4 is 57.1 Å². The lowest BCUT2D eigenvalue weighted by molar-refractivity contribution is 0.0951. The zero-order valence-electron chi connectivity index (χ0n) is 20.7. The Kier molecular flexibility index (Phi) is 7.79. The molecule has 2 heterocycles. The van der Waals surface area contributed by atoms with E-state index in [2.05, 4.69) is 35.3 Å². The van der Waals surface area contributed by atoms with Gasteiger partial charge in [0.15, 0.2) is 0 Å². The fourth-order valence-corrected chi connectivity index (χ4v) is 5.20. The van der Waals surface area contributed by atoms with Gasteiger partial charge in [0.25, 0.3) is 5.91 Å². The lowest BCUT2D eigenvalue weighted by Gasteiger charge is -2.21. The van der Waals surface area contributed by atoms with E-state index in [1.807, 2.05) is 35.7 Å². The summed E-state index contributed by atoms with van der Waals surface area (Å²) in [6.45, 7) is 5.98. The van der Waals surface area contributed by atoms with Gasteiger partial charge >= 0.3 is 0 Å². The van der Waals surface area contributed by atoms with Gasteiger partial charge in [0.1, 0.15) is 10.6 Å². The van der Waals surface area contributed by atoms with Crippen LogP contribution in [0.2, 0.25) is 10.0 Å². The molecule has 9 heteroatoms. The maximum absolute atomic E-state index is 12.7. The normalized spacial score (nSPS) is 11.6. The number of aromatic nitrogens is 1. The molecule has 0 aliphatic rings. The highest BCUT2D eigenvalue weighted by molar-refractivity contribution is 7.13. The van der Waals surface area contributed by atoms with Crippen LogP contribution in [0.1, 0.15) is 24.2 Å². The molecule has 192 valence electrons. The monoisotopic (exact) mass is 562 g/mol. The minimum Gasteiger partial charge on any atom is -0.436 e. The summed E-state index contributed by atoms with van der Waals surface area (Å²) in [5, 5.41) is 8.86. The first kappa shape index (κ1) is 26.0. The zero-order valence-corrected chi connectivity index (χ0v) is 23.1. The fraction of sp³-hybridized carbons (Fsp3) is 0.138. The van der Waals surface area contributed by atoms with E-state index in [0.29, 0.717) is 31.8 Å². The summed E-state index contributed by atoms with van der Waals surface area (Å²) in [6.07, 6.45) is 0. The van der Waals surface area contributed by atoms with E-state index in [4.69, 9.17) is 32.6 Å². The van der Waals surface area contributed by atoms with Crippen LogP contribution in [0.15, 0.2) is 87.7 Å². The Morgan fingerprint density at radius 1 is 1.00 bits per heavy atom. The number of fused-ring (bicyclic) bond motifs is 1. The van der Waals surface area contributed by atoms with Crippen LogP contribution in [0.5, 0.6) is 0 Å². The number of halogens is 2. The van der Waals surface area contributed by atoms with E-state index >= 15 is 0 Å². The molecule has 0 aliphatic heterocycles. The second-order valence-corrected chi connectivity index (χ2v) is 10.1. The van der Waals surface area contributed by atoms with Gasteiger partial charge in [-0.3, -0.25) is 4.79 Å². The Morgan fingerprint density at radius 2 is 1.79 bits per heavy atom. The molecule has 0 radical (unpaired) electrons. The topological polar surface area (TPSA) is 70.7 Å². The summed E-state index contributed by atoms with van der Waals surface area (Å²) in [5.74, 6) is -0.334. The number of nitrogens with zero attached hydrogens (tertiary/aromatic N) is 3. The molecule has 3 aromatic carbocycles. The van der Waals surface area contributed by atoms with E-state index in [-0.39, 0.29) is 11.5 Å². The highest BCUT2D eigenvalue weighted by atomic mass is 35.5. The lowest BCUT2D eigenvalue weighted by atomic mass is 10.1. The number of benzene rings is 3. The number of hydrogen-bond donors (Lipinski definition) is 1. The number of hydrogen-bond acceptors (Lipinski definition) is 6. The van der Waals surface area contributed by atoms with Crippen LogP contribution >= 0.6 is 34.5 Å². The Hall–Kier alpha value is -3.65. The molecule has 1 N–H and O–H groups in total. The maximum Gasteiger partial charge on any atom is 0.271 e. The molecule has 2 aromatic heterocycles. The number of carbonyl (C=O) groups is 1. The summed E-state index contributed by atoms with van der Waals surface area (Å²) in [5.41, 5.74) is 7.36. The highest BCUT2D eigenvalue weighted by Gasteiger charge is 2.15. The van der Waals surface area contributed by atoms with Crippen molar-refractivity contribution in [3.63, 3.8) is 0 Å². The summed E-state index contributed by atoms with van der Waals surface area (Å²) in [4.78, 5) is 19.8. The summed E-state index contributed by atoms with van der Waals surface area (Å²) < 4.78 is 6.28. The van der Waals surface area contributed by atoms with Gasteiger partial charge in [0.05, 0.1) is 21.3 Å². The quantitative estimate of drug-likeness (QED) is 0.207. The third-order valence-corrected chi connectivity index (χ3v) is 7.72. The minimum atomic E-state index is -0.334. The van der Waals surface area contributed by atoms with Crippen LogP contribution in [0.4, 0.5) is 5.69 Å². The number of nitrogens with one attached hydrogen (secondary N) is 1.